The summed E-state index contributed by atoms with van der Waals surface area (Å²) in [6.07, 6.45) is 12.0. The van der Waals surface area contributed by atoms with E-state index < -0.39 is 0 Å². The van der Waals surface area contributed by atoms with Crippen LogP contribution in [0.15, 0.2) is 0 Å². The van der Waals surface area contributed by atoms with Gasteiger partial charge < -0.3 is 10.2 Å². The van der Waals surface area contributed by atoms with Crippen LogP contribution >= 0.6 is 0 Å². The highest BCUT2D eigenvalue weighted by Gasteiger charge is 2.39. The van der Waals surface area contributed by atoms with Gasteiger partial charge in [-0.2, -0.15) is 0 Å². The highest BCUT2D eigenvalue weighted by Crippen LogP contribution is 2.48. The quantitative estimate of drug-likeness (QED) is 0.766. The van der Waals surface area contributed by atoms with Gasteiger partial charge in [0, 0.05) is 19.1 Å². The third-order valence-corrected chi connectivity index (χ3v) is 6.37. The molecule has 0 heterocycles. The lowest BCUT2D eigenvalue weighted by atomic mass is 9.88. The third kappa shape index (κ3) is 3.39. The maximum absolute atomic E-state index is 3.77. The summed E-state index contributed by atoms with van der Waals surface area (Å²) in [5.74, 6) is 4.13. The van der Waals surface area contributed by atoms with Crippen molar-refractivity contribution in [2.24, 2.45) is 23.7 Å². The van der Waals surface area contributed by atoms with E-state index in [1.165, 1.54) is 58.0 Å². The molecule has 2 nitrogen and oxygen atoms in total. The van der Waals surface area contributed by atoms with Gasteiger partial charge in [0.15, 0.2) is 0 Å². The zero-order valence-electron chi connectivity index (χ0n) is 13.6. The summed E-state index contributed by atoms with van der Waals surface area (Å²) in [6, 6.07) is 0.742. The van der Waals surface area contributed by atoms with Crippen LogP contribution in [0.25, 0.3) is 0 Å². The van der Waals surface area contributed by atoms with Crippen molar-refractivity contribution in [2.75, 3.05) is 26.7 Å². The van der Waals surface area contributed by atoms with Gasteiger partial charge in [-0.1, -0.05) is 26.2 Å². The van der Waals surface area contributed by atoms with Gasteiger partial charge in [0.1, 0.15) is 0 Å². The molecule has 3 saturated carbocycles. The maximum atomic E-state index is 3.77. The first-order valence-electron chi connectivity index (χ1n) is 9.18. The van der Waals surface area contributed by atoms with Crippen molar-refractivity contribution in [3.05, 3.63) is 0 Å². The van der Waals surface area contributed by atoms with Gasteiger partial charge in [-0.05, 0) is 69.4 Å². The molecule has 3 aliphatic carbocycles. The Morgan fingerprint density at radius 1 is 1.10 bits per heavy atom. The molecule has 3 fully saturated rings. The van der Waals surface area contributed by atoms with Crippen molar-refractivity contribution in [3.8, 4) is 0 Å². The molecule has 2 bridgehead atoms. The van der Waals surface area contributed by atoms with Gasteiger partial charge in [0.05, 0.1) is 0 Å². The van der Waals surface area contributed by atoms with Crippen molar-refractivity contribution in [1.29, 1.82) is 0 Å². The van der Waals surface area contributed by atoms with E-state index in [1.807, 2.05) is 0 Å². The topological polar surface area (TPSA) is 15.3 Å². The van der Waals surface area contributed by atoms with Gasteiger partial charge in [0.2, 0.25) is 0 Å². The average molecular weight is 278 g/mol. The van der Waals surface area contributed by atoms with E-state index in [2.05, 4.69) is 24.2 Å². The molecule has 0 radical (unpaired) electrons. The second-order valence-electron chi connectivity index (χ2n) is 7.86. The second-order valence-corrected chi connectivity index (χ2v) is 7.86. The van der Waals surface area contributed by atoms with Crippen molar-refractivity contribution in [2.45, 2.75) is 64.3 Å². The second kappa shape index (κ2) is 6.79. The largest absolute Gasteiger partial charge is 0.313 e. The highest BCUT2D eigenvalue weighted by molar-refractivity contribution is 4.91. The van der Waals surface area contributed by atoms with Crippen LogP contribution in [0.3, 0.4) is 0 Å². The normalized spacial score (nSPS) is 35.2. The first-order valence-corrected chi connectivity index (χ1v) is 9.18. The molecular formula is C18H34N2. The SMILES string of the molecule is CCNC(CN(C)CC1CC2CCC1C2)C1CCCC1. The number of nitrogens with one attached hydrogen (secondary N) is 1. The monoisotopic (exact) mass is 278 g/mol. The summed E-state index contributed by atoms with van der Waals surface area (Å²) in [7, 11) is 2.37. The lowest BCUT2D eigenvalue weighted by Gasteiger charge is -2.32. The van der Waals surface area contributed by atoms with Gasteiger partial charge >= 0.3 is 0 Å². The molecule has 20 heavy (non-hydrogen) atoms. The van der Waals surface area contributed by atoms with Crippen LogP contribution in [0.1, 0.15) is 58.3 Å². The van der Waals surface area contributed by atoms with E-state index in [9.17, 15) is 0 Å². The van der Waals surface area contributed by atoms with E-state index in [4.69, 9.17) is 0 Å². The summed E-state index contributed by atoms with van der Waals surface area (Å²) in [5.41, 5.74) is 0. The summed E-state index contributed by atoms with van der Waals surface area (Å²) in [6.45, 7) is 6.02. The molecular weight excluding hydrogens is 244 g/mol. The fourth-order valence-corrected chi connectivity index (χ4v) is 5.41. The Morgan fingerprint density at radius 3 is 2.50 bits per heavy atom. The fourth-order valence-electron chi connectivity index (χ4n) is 5.41. The standard InChI is InChI=1S/C18H34N2/c1-3-19-18(15-6-4-5-7-15)13-20(2)12-17-11-14-8-9-16(17)10-14/h14-19H,3-13H2,1-2H3. The van der Waals surface area contributed by atoms with Crippen LogP contribution in [-0.4, -0.2) is 37.6 Å². The number of nitrogens with zero attached hydrogens (tertiary/aromatic N) is 1. The van der Waals surface area contributed by atoms with E-state index in [-0.39, 0.29) is 0 Å². The lowest BCUT2D eigenvalue weighted by Crippen LogP contribution is -2.45. The minimum atomic E-state index is 0.742. The Balaban J connectivity index is 1.47. The zero-order chi connectivity index (χ0) is 13.9. The molecule has 4 atom stereocenters. The summed E-state index contributed by atoms with van der Waals surface area (Å²) >= 11 is 0. The summed E-state index contributed by atoms with van der Waals surface area (Å²) < 4.78 is 0. The first kappa shape index (κ1) is 14.8. The highest BCUT2D eigenvalue weighted by atomic mass is 15.1. The molecule has 3 rings (SSSR count). The number of likely N-dealkylation sites (N-methyl/N-ethyl adjacent to an activating group) is 2. The van der Waals surface area contributed by atoms with Crippen LogP contribution in [0, 0.1) is 23.7 Å². The molecule has 0 aromatic heterocycles. The smallest absolute Gasteiger partial charge is 0.0222 e. The molecule has 0 amide bonds. The fraction of sp³-hybridized carbons (Fsp3) is 1.00. The van der Waals surface area contributed by atoms with E-state index in [0.29, 0.717) is 0 Å². The third-order valence-electron chi connectivity index (χ3n) is 6.37. The van der Waals surface area contributed by atoms with Crippen LogP contribution < -0.4 is 5.32 Å². The predicted molar refractivity (Wildman–Crippen MR) is 85.9 cm³/mol. The summed E-state index contributed by atoms with van der Waals surface area (Å²) in [4.78, 5) is 2.65. The van der Waals surface area contributed by atoms with E-state index >= 15 is 0 Å². The van der Waals surface area contributed by atoms with Crippen LogP contribution in [-0.2, 0) is 0 Å². The summed E-state index contributed by atoms with van der Waals surface area (Å²) in [5, 5.41) is 3.77. The molecule has 0 saturated heterocycles. The van der Waals surface area contributed by atoms with E-state index in [1.54, 1.807) is 6.42 Å². The number of fused-ring (bicyclic) bond motifs is 2. The average Bonchev–Trinajstić information content (AvgIpc) is 3.15. The van der Waals surface area contributed by atoms with Crippen molar-refractivity contribution in [1.82, 2.24) is 10.2 Å². The molecule has 4 unspecified atom stereocenters. The van der Waals surface area contributed by atoms with Crippen LogP contribution in [0.2, 0.25) is 0 Å². The van der Waals surface area contributed by atoms with E-state index in [0.717, 1.165) is 36.3 Å². The Labute approximate surface area is 125 Å². The molecule has 0 aromatic rings. The molecule has 0 aliphatic heterocycles. The Hall–Kier alpha value is -0.0800. The molecule has 2 heteroatoms. The van der Waals surface area contributed by atoms with Gasteiger partial charge in [-0.25, -0.2) is 0 Å². The van der Waals surface area contributed by atoms with Crippen LogP contribution in [0.4, 0.5) is 0 Å². The Kier molecular flexibility index (Phi) is 5.04. The molecule has 3 aliphatic rings. The molecule has 1 N–H and O–H groups in total. The van der Waals surface area contributed by atoms with Crippen molar-refractivity contribution in [3.63, 3.8) is 0 Å². The van der Waals surface area contributed by atoms with Gasteiger partial charge in [0.25, 0.3) is 0 Å². The zero-order valence-corrected chi connectivity index (χ0v) is 13.6. The maximum Gasteiger partial charge on any atom is 0.0222 e. The number of hydrogen-bond acceptors (Lipinski definition) is 2. The minimum absolute atomic E-state index is 0.742. The van der Waals surface area contributed by atoms with Crippen molar-refractivity contribution < 1.29 is 0 Å². The molecule has 116 valence electrons. The lowest BCUT2D eigenvalue weighted by molar-refractivity contribution is 0.186. The van der Waals surface area contributed by atoms with Crippen LogP contribution in [0.5, 0.6) is 0 Å². The van der Waals surface area contributed by atoms with Gasteiger partial charge in [-0.15, -0.1) is 0 Å². The number of hydrogen-bond donors (Lipinski definition) is 1. The Bertz CT molecular complexity index is 298. The predicted octanol–water partition coefficient (Wildman–Crippen LogP) is 3.52. The molecule has 0 aromatic carbocycles. The number of rotatable bonds is 7. The molecule has 0 spiro atoms. The van der Waals surface area contributed by atoms with Crippen molar-refractivity contribution >= 4 is 0 Å². The van der Waals surface area contributed by atoms with Gasteiger partial charge in [-0.3, -0.25) is 0 Å². The first-order chi connectivity index (χ1) is 9.76. The minimum Gasteiger partial charge on any atom is -0.313 e. The Morgan fingerprint density at radius 2 is 1.90 bits per heavy atom.